The third-order valence-electron chi connectivity index (χ3n) is 4.64. The number of ether oxygens (including phenoxy) is 2. The molecule has 30 heavy (non-hydrogen) atoms. The molecule has 160 valence electrons. The molecule has 0 aromatic heterocycles. The van der Waals surface area contributed by atoms with E-state index in [0.717, 1.165) is 33.7 Å². The molecule has 2 aromatic carbocycles. The summed E-state index contributed by atoms with van der Waals surface area (Å²) >= 11 is 0. The zero-order chi connectivity index (χ0) is 22.4. The second-order valence-electron chi connectivity index (χ2n) is 7.82. The van der Waals surface area contributed by atoms with Crippen molar-refractivity contribution in [2.45, 2.75) is 53.6 Å². The summed E-state index contributed by atoms with van der Waals surface area (Å²) in [6.07, 6.45) is 0. The third kappa shape index (κ3) is 5.27. The van der Waals surface area contributed by atoms with Crippen LogP contribution >= 0.6 is 0 Å². The average Bonchev–Trinajstić information content (AvgIpc) is 2.67. The van der Waals surface area contributed by atoms with Gasteiger partial charge >= 0.3 is 0 Å². The number of carbonyl (C=O) groups is 1. The Bertz CT molecular complexity index is 965. The molecule has 0 aliphatic rings. The van der Waals surface area contributed by atoms with Crippen LogP contribution in [0.3, 0.4) is 0 Å². The van der Waals surface area contributed by atoms with Crippen molar-refractivity contribution in [3.8, 4) is 34.5 Å². The molecule has 0 atom stereocenters. The molecule has 0 bridgehead atoms. The molecular weight excluding hydrogens is 376 g/mol. The smallest absolute Gasteiger partial charge is 0.296 e. The van der Waals surface area contributed by atoms with E-state index in [1.807, 2.05) is 27.7 Å². The summed E-state index contributed by atoms with van der Waals surface area (Å²) in [7, 11) is 3.27. The van der Waals surface area contributed by atoms with E-state index in [4.69, 9.17) is 9.47 Å². The quantitative estimate of drug-likeness (QED) is 0.681. The van der Waals surface area contributed by atoms with Crippen LogP contribution in [-0.4, -0.2) is 32.2 Å². The first-order valence-corrected chi connectivity index (χ1v) is 10.1. The number of nitrogens with one attached hydrogen (secondary N) is 2. The van der Waals surface area contributed by atoms with Crippen LogP contribution in [0.2, 0.25) is 0 Å². The van der Waals surface area contributed by atoms with Crippen molar-refractivity contribution in [2.75, 3.05) is 19.5 Å². The first kappa shape index (κ1) is 23.2. The van der Waals surface area contributed by atoms with Crippen LogP contribution < -0.4 is 20.1 Å². The first-order valence-electron chi connectivity index (χ1n) is 10.1. The Balaban J connectivity index is 2.60. The normalized spacial score (nSPS) is 10.5. The molecule has 0 heterocycles. The maximum Gasteiger partial charge on any atom is 0.296 e. The largest absolute Gasteiger partial charge is 0.496 e. The Hall–Kier alpha value is -3.13. The van der Waals surface area contributed by atoms with Gasteiger partial charge in [-0.25, -0.2) is 0 Å². The van der Waals surface area contributed by atoms with Crippen LogP contribution in [-0.2, 0) is 4.79 Å². The van der Waals surface area contributed by atoms with Gasteiger partial charge in [-0.3, -0.25) is 4.79 Å². The van der Waals surface area contributed by atoms with E-state index in [1.54, 1.807) is 14.2 Å². The van der Waals surface area contributed by atoms with E-state index in [0.29, 0.717) is 17.4 Å². The standard InChI is InChI=1S/C25H32N2O3/c1-15(2)26-20-11-9-19(10-12-20)23-18(6)24(29-7)21(17(5)25(23)30-8)13-14-22(28)27-16(3)4/h9-12,15-16,26H,1-8H3,(H,27,28). The zero-order valence-corrected chi connectivity index (χ0v) is 19.2. The molecule has 0 saturated heterocycles. The average molecular weight is 409 g/mol. The number of hydrogen-bond acceptors (Lipinski definition) is 4. The van der Waals surface area contributed by atoms with Crippen LogP contribution in [0.25, 0.3) is 11.1 Å². The lowest BCUT2D eigenvalue weighted by molar-refractivity contribution is -0.116. The molecule has 2 N–H and O–H groups in total. The van der Waals surface area contributed by atoms with Gasteiger partial charge in [-0.2, -0.15) is 0 Å². The highest BCUT2D eigenvalue weighted by Crippen LogP contribution is 2.43. The molecule has 2 rings (SSSR count). The number of hydrogen-bond donors (Lipinski definition) is 2. The van der Waals surface area contributed by atoms with E-state index in [9.17, 15) is 4.79 Å². The van der Waals surface area contributed by atoms with Crippen molar-refractivity contribution < 1.29 is 14.3 Å². The minimum Gasteiger partial charge on any atom is -0.496 e. The summed E-state index contributed by atoms with van der Waals surface area (Å²) in [6.45, 7) is 11.9. The second-order valence-corrected chi connectivity index (χ2v) is 7.82. The van der Waals surface area contributed by atoms with E-state index in [1.165, 1.54) is 0 Å². The van der Waals surface area contributed by atoms with Crippen LogP contribution in [0.1, 0.15) is 44.4 Å². The van der Waals surface area contributed by atoms with E-state index in [2.05, 4.69) is 60.6 Å². The summed E-state index contributed by atoms with van der Waals surface area (Å²) in [5.74, 6) is 6.71. The molecule has 0 saturated carbocycles. The zero-order valence-electron chi connectivity index (χ0n) is 19.2. The third-order valence-corrected chi connectivity index (χ3v) is 4.64. The Morgan fingerprint density at radius 1 is 0.900 bits per heavy atom. The minimum absolute atomic E-state index is 0.0293. The lowest BCUT2D eigenvalue weighted by atomic mass is 9.92. The maximum atomic E-state index is 12.0. The van der Waals surface area contributed by atoms with Crippen molar-refractivity contribution in [3.63, 3.8) is 0 Å². The summed E-state index contributed by atoms with van der Waals surface area (Å²) in [6, 6.07) is 8.63. The van der Waals surface area contributed by atoms with E-state index >= 15 is 0 Å². The van der Waals surface area contributed by atoms with Gasteiger partial charge in [0.1, 0.15) is 11.5 Å². The summed E-state index contributed by atoms with van der Waals surface area (Å²) in [4.78, 5) is 12.0. The number of anilines is 1. The molecule has 1 amide bonds. The van der Waals surface area contributed by atoms with E-state index in [-0.39, 0.29) is 11.9 Å². The van der Waals surface area contributed by atoms with Crippen LogP contribution in [0.4, 0.5) is 5.69 Å². The van der Waals surface area contributed by atoms with Gasteiger partial charge in [-0.1, -0.05) is 18.1 Å². The van der Waals surface area contributed by atoms with Crippen molar-refractivity contribution in [1.82, 2.24) is 5.32 Å². The molecule has 2 aromatic rings. The number of rotatable bonds is 6. The van der Waals surface area contributed by atoms with Gasteiger partial charge in [0.05, 0.1) is 19.8 Å². The van der Waals surface area contributed by atoms with E-state index < -0.39 is 0 Å². The first-order chi connectivity index (χ1) is 14.2. The summed E-state index contributed by atoms with van der Waals surface area (Å²) in [5.41, 5.74) is 5.46. The van der Waals surface area contributed by atoms with Gasteiger partial charge in [0.25, 0.3) is 5.91 Å². The number of benzene rings is 2. The van der Waals surface area contributed by atoms with Crippen molar-refractivity contribution in [3.05, 3.63) is 41.0 Å². The lowest BCUT2D eigenvalue weighted by Gasteiger charge is -2.20. The highest BCUT2D eigenvalue weighted by molar-refractivity contribution is 5.95. The highest BCUT2D eigenvalue weighted by atomic mass is 16.5. The number of amides is 1. The number of carbonyl (C=O) groups excluding carboxylic acids is 1. The minimum atomic E-state index is -0.319. The van der Waals surface area contributed by atoms with Crippen LogP contribution in [0.5, 0.6) is 11.5 Å². The Morgan fingerprint density at radius 3 is 2.00 bits per heavy atom. The van der Waals surface area contributed by atoms with Gasteiger partial charge in [-0.15, -0.1) is 0 Å². The Morgan fingerprint density at radius 2 is 1.50 bits per heavy atom. The topological polar surface area (TPSA) is 59.6 Å². The molecule has 5 nitrogen and oxygen atoms in total. The van der Waals surface area contributed by atoms with Gasteiger partial charge in [0.15, 0.2) is 0 Å². The molecule has 0 aliphatic heterocycles. The molecule has 0 spiro atoms. The molecule has 5 heteroatoms. The predicted octanol–water partition coefficient (Wildman–Crippen LogP) is 4.68. The fourth-order valence-electron chi connectivity index (χ4n) is 3.44. The Kier molecular flexibility index (Phi) is 7.77. The molecule has 0 aliphatic carbocycles. The van der Waals surface area contributed by atoms with Crippen molar-refractivity contribution in [1.29, 1.82) is 0 Å². The summed E-state index contributed by atoms with van der Waals surface area (Å²) < 4.78 is 11.5. The summed E-state index contributed by atoms with van der Waals surface area (Å²) in [5, 5.41) is 6.18. The SMILES string of the molecule is COc1c(C)c(-c2ccc(NC(C)C)cc2)c(OC)c(C)c1C#CC(=O)NC(C)C. The van der Waals surface area contributed by atoms with Gasteiger partial charge in [0, 0.05) is 40.4 Å². The Labute approximate surface area is 180 Å². The van der Waals surface area contributed by atoms with Crippen molar-refractivity contribution >= 4 is 11.6 Å². The highest BCUT2D eigenvalue weighted by Gasteiger charge is 2.21. The fraction of sp³-hybridized carbons (Fsp3) is 0.400. The van der Waals surface area contributed by atoms with Gasteiger partial charge in [-0.05, 0) is 59.2 Å². The van der Waals surface area contributed by atoms with Gasteiger partial charge in [0.2, 0.25) is 0 Å². The lowest BCUT2D eigenvalue weighted by Crippen LogP contribution is -2.28. The molecule has 0 unspecified atom stereocenters. The van der Waals surface area contributed by atoms with Gasteiger partial charge < -0.3 is 20.1 Å². The fourth-order valence-corrected chi connectivity index (χ4v) is 3.44. The second kappa shape index (κ2) is 10.1. The molecule has 0 fully saturated rings. The number of methoxy groups -OCH3 is 2. The monoisotopic (exact) mass is 408 g/mol. The van der Waals surface area contributed by atoms with Crippen LogP contribution in [0.15, 0.2) is 24.3 Å². The molecule has 0 radical (unpaired) electrons. The molecular formula is C25H32N2O3. The van der Waals surface area contributed by atoms with Crippen molar-refractivity contribution in [2.24, 2.45) is 0 Å². The van der Waals surface area contributed by atoms with Crippen LogP contribution in [0, 0.1) is 25.7 Å². The maximum absolute atomic E-state index is 12.0. The predicted molar refractivity (Wildman–Crippen MR) is 123 cm³/mol.